The molecule has 2 nitrogen and oxygen atoms in total. The summed E-state index contributed by atoms with van der Waals surface area (Å²) in [6, 6.07) is 2.33. The number of hydrogen-bond donors (Lipinski definition) is 1. The van der Waals surface area contributed by atoms with Crippen molar-refractivity contribution in [2.24, 2.45) is 11.7 Å². The standard InChI is InChI=1S/C12H14F3NO.ClH/c13-3-4-17-10-2-1-9(14)12(15)11(10)8-5-7(8)6-16;/h1-2,7-8H,3-6,16H2;1H. The Morgan fingerprint density at radius 2 is 2.06 bits per heavy atom. The van der Waals surface area contributed by atoms with Gasteiger partial charge in [0.2, 0.25) is 0 Å². The smallest absolute Gasteiger partial charge is 0.165 e. The molecule has 0 spiro atoms. The van der Waals surface area contributed by atoms with E-state index in [2.05, 4.69) is 0 Å². The fourth-order valence-electron chi connectivity index (χ4n) is 2.03. The first-order chi connectivity index (χ1) is 8.19. The van der Waals surface area contributed by atoms with Crippen molar-refractivity contribution in [1.29, 1.82) is 0 Å². The van der Waals surface area contributed by atoms with E-state index in [-0.39, 0.29) is 42.2 Å². The summed E-state index contributed by atoms with van der Waals surface area (Å²) in [5.41, 5.74) is 5.69. The van der Waals surface area contributed by atoms with Crippen LogP contribution in [-0.4, -0.2) is 19.8 Å². The van der Waals surface area contributed by atoms with Gasteiger partial charge in [-0.15, -0.1) is 12.4 Å². The van der Waals surface area contributed by atoms with Gasteiger partial charge in [-0.3, -0.25) is 0 Å². The Morgan fingerprint density at radius 3 is 2.61 bits per heavy atom. The van der Waals surface area contributed by atoms with Gasteiger partial charge >= 0.3 is 0 Å². The minimum atomic E-state index is -0.907. The molecule has 1 aromatic rings. The number of nitrogens with two attached hydrogens (primary N) is 1. The van der Waals surface area contributed by atoms with Crippen molar-refractivity contribution in [2.45, 2.75) is 12.3 Å². The van der Waals surface area contributed by atoms with Crippen molar-refractivity contribution in [3.63, 3.8) is 0 Å². The van der Waals surface area contributed by atoms with Crippen molar-refractivity contribution in [3.8, 4) is 5.75 Å². The molecule has 0 amide bonds. The summed E-state index contributed by atoms with van der Waals surface area (Å²) < 4.78 is 44.0. The van der Waals surface area contributed by atoms with E-state index in [1.54, 1.807) is 0 Å². The maximum atomic E-state index is 13.7. The van der Waals surface area contributed by atoms with Crippen LogP contribution in [0.1, 0.15) is 17.9 Å². The van der Waals surface area contributed by atoms with Gasteiger partial charge in [-0.25, -0.2) is 13.2 Å². The normalized spacial score (nSPS) is 21.3. The van der Waals surface area contributed by atoms with Crippen molar-refractivity contribution < 1.29 is 17.9 Å². The predicted octanol–water partition coefficient (Wildman–Crippen LogP) is 2.80. The fourth-order valence-corrected chi connectivity index (χ4v) is 2.03. The molecule has 0 radical (unpaired) electrons. The van der Waals surface area contributed by atoms with E-state index < -0.39 is 18.3 Å². The van der Waals surface area contributed by atoms with E-state index in [1.807, 2.05) is 0 Å². The van der Waals surface area contributed by atoms with Crippen LogP contribution in [-0.2, 0) is 0 Å². The maximum absolute atomic E-state index is 13.7. The lowest BCUT2D eigenvalue weighted by molar-refractivity contribution is 0.268. The predicted molar refractivity (Wildman–Crippen MR) is 65.0 cm³/mol. The second kappa shape index (κ2) is 6.29. The summed E-state index contributed by atoms with van der Waals surface area (Å²) in [6.07, 6.45) is 0.725. The number of hydrogen-bond acceptors (Lipinski definition) is 2. The average molecular weight is 282 g/mol. The molecule has 6 heteroatoms. The van der Waals surface area contributed by atoms with Crippen LogP contribution < -0.4 is 10.5 Å². The van der Waals surface area contributed by atoms with E-state index in [1.165, 1.54) is 6.07 Å². The zero-order valence-corrected chi connectivity index (χ0v) is 10.5. The average Bonchev–Trinajstić information content (AvgIpc) is 3.09. The number of ether oxygens (including phenoxy) is 1. The Labute approximate surface area is 110 Å². The monoisotopic (exact) mass is 281 g/mol. The van der Waals surface area contributed by atoms with E-state index in [9.17, 15) is 13.2 Å². The Bertz CT molecular complexity index is 417. The van der Waals surface area contributed by atoms with Gasteiger partial charge in [-0.1, -0.05) is 0 Å². The van der Waals surface area contributed by atoms with E-state index in [0.29, 0.717) is 6.54 Å². The molecule has 2 rings (SSSR count). The molecule has 1 aromatic carbocycles. The highest BCUT2D eigenvalue weighted by Gasteiger charge is 2.41. The second-order valence-corrected chi connectivity index (χ2v) is 4.15. The first-order valence-electron chi connectivity index (χ1n) is 5.55. The molecule has 0 saturated heterocycles. The SMILES string of the molecule is Cl.NCC1CC1c1c(OCCF)ccc(F)c1F. The lowest BCUT2D eigenvalue weighted by Crippen LogP contribution is -2.07. The van der Waals surface area contributed by atoms with Crippen LogP contribution in [0.4, 0.5) is 13.2 Å². The van der Waals surface area contributed by atoms with Gasteiger partial charge in [0.05, 0.1) is 0 Å². The van der Waals surface area contributed by atoms with Gasteiger partial charge in [-0.2, -0.15) is 0 Å². The zero-order chi connectivity index (χ0) is 12.4. The molecule has 1 fully saturated rings. The van der Waals surface area contributed by atoms with Gasteiger partial charge in [-0.05, 0) is 36.9 Å². The molecule has 102 valence electrons. The largest absolute Gasteiger partial charge is 0.490 e. The van der Waals surface area contributed by atoms with Gasteiger partial charge < -0.3 is 10.5 Å². The first-order valence-corrected chi connectivity index (χ1v) is 5.55. The number of alkyl halides is 1. The molecular formula is C12H15ClF3NO. The van der Waals surface area contributed by atoms with Crippen LogP contribution >= 0.6 is 12.4 Å². The Morgan fingerprint density at radius 1 is 1.33 bits per heavy atom. The summed E-state index contributed by atoms with van der Waals surface area (Å²) >= 11 is 0. The maximum Gasteiger partial charge on any atom is 0.165 e. The van der Waals surface area contributed by atoms with Crippen LogP contribution in [0, 0.1) is 17.6 Å². The highest BCUT2D eigenvalue weighted by atomic mass is 35.5. The van der Waals surface area contributed by atoms with Crippen molar-refractivity contribution in [3.05, 3.63) is 29.3 Å². The minimum absolute atomic E-state index is 0. The molecule has 18 heavy (non-hydrogen) atoms. The van der Waals surface area contributed by atoms with Crippen LogP contribution in [0.2, 0.25) is 0 Å². The molecule has 1 aliphatic carbocycles. The molecule has 0 bridgehead atoms. The zero-order valence-electron chi connectivity index (χ0n) is 9.67. The molecule has 1 aliphatic rings. The van der Waals surface area contributed by atoms with E-state index in [4.69, 9.17) is 10.5 Å². The molecule has 0 aliphatic heterocycles. The number of rotatable bonds is 5. The molecule has 2 atom stereocenters. The van der Waals surface area contributed by atoms with Gasteiger partial charge in [0.1, 0.15) is 19.0 Å². The van der Waals surface area contributed by atoms with Crippen molar-refractivity contribution in [2.75, 3.05) is 19.8 Å². The van der Waals surface area contributed by atoms with Crippen molar-refractivity contribution in [1.82, 2.24) is 0 Å². The first kappa shape index (κ1) is 15.1. The highest BCUT2D eigenvalue weighted by Crippen LogP contribution is 2.50. The van der Waals surface area contributed by atoms with E-state index >= 15 is 0 Å². The minimum Gasteiger partial charge on any atom is -0.490 e. The van der Waals surface area contributed by atoms with Crippen LogP contribution in [0.5, 0.6) is 5.75 Å². The number of benzene rings is 1. The third-order valence-electron chi connectivity index (χ3n) is 3.02. The quantitative estimate of drug-likeness (QED) is 0.901. The molecule has 0 aromatic heterocycles. The summed E-state index contributed by atoms with van der Waals surface area (Å²) in [5, 5.41) is 0. The van der Waals surface area contributed by atoms with Crippen LogP contribution in [0.15, 0.2) is 12.1 Å². The van der Waals surface area contributed by atoms with Crippen molar-refractivity contribution >= 4 is 12.4 Å². The Balaban J connectivity index is 0.00000162. The second-order valence-electron chi connectivity index (χ2n) is 4.15. The van der Waals surface area contributed by atoms with Gasteiger partial charge in [0.25, 0.3) is 0 Å². The topological polar surface area (TPSA) is 35.2 Å². The highest BCUT2D eigenvalue weighted by molar-refractivity contribution is 5.85. The summed E-state index contributed by atoms with van der Waals surface area (Å²) in [6.45, 7) is -0.384. The molecule has 2 unspecified atom stereocenters. The summed E-state index contributed by atoms with van der Waals surface area (Å²) in [7, 11) is 0. The van der Waals surface area contributed by atoms with Crippen LogP contribution in [0.25, 0.3) is 0 Å². The van der Waals surface area contributed by atoms with Gasteiger partial charge in [0, 0.05) is 5.56 Å². The third-order valence-corrected chi connectivity index (χ3v) is 3.02. The molecule has 0 heterocycles. The summed E-state index contributed by atoms with van der Waals surface area (Å²) in [4.78, 5) is 0. The molecular weight excluding hydrogens is 267 g/mol. The lowest BCUT2D eigenvalue weighted by atomic mass is 10.1. The Kier molecular flexibility index (Phi) is 5.28. The molecule has 1 saturated carbocycles. The van der Waals surface area contributed by atoms with Gasteiger partial charge in [0.15, 0.2) is 11.6 Å². The molecule has 2 N–H and O–H groups in total. The number of halogens is 4. The van der Waals surface area contributed by atoms with E-state index in [0.717, 1.165) is 12.5 Å². The lowest BCUT2D eigenvalue weighted by Gasteiger charge is -2.11. The summed E-state index contributed by atoms with van der Waals surface area (Å²) in [5.74, 6) is -1.52. The fraction of sp³-hybridized carbons (Fsp3) is 0.500. The Hall–Kier alpha value is -0.940. The van der Waals surface area contributed by atoms with Crippen LogP contribution in [0.3, 0.4) is 0 Å². The third kappa shape index (κ3) is 2.90.